The number of rotatable bonds is 6. The Kier molecular flexibility index (Phi) is 5.72. The van der Waals surface area contributed by atoms with Gasteiger partial charge in [0, 0.05) is 0 Å². The SMILES string of the molecule is COC(=O)CC(OC(=O)Cc1ccccc1)c1ccccc1. The number of carbonyl (C=O) groups excluding carboxylic acids is 2. The van der Waals surface area contributed by atoms with Crippen LogP contribution in [0.4, 0.5) is 0 Å². The van der Waals surface area contributed by atoms with Gasteiger partial charge in [0.1, 0.15) is 6.10 Å². The van der Waals surface area contributed by atoms with Crippen molar-refractivity contribution < 1.29 is 19.1 Å². The Labute approximate surface area is 129 Å². The van der Waals surface area contributed by atoms with E-state index < -0.39 is 12.1 Å². The molecule has 4 heteroatoms. The summed E-state index contributed by atoms with van der Waals surface area (Å²) in [5, 5.41) is 0. The quantitative estimate of drug-likeness (QED) is 0.769. The van der Waals surface area contributed by atoms with E-state index in [1.165, 1.54) is 7.11 Å². The van der Waals surface area contributed by atoms with Gasteiger partial charge in [-0.1, -0.05) is 60.7 Å². The number of hydrogen-bond acceptors (Lipinski definition) is 4. The molecule has 2 aromatic carbocycles. The maximum Gasteiger partial charge on any atom is 0.310 e. The van der Waals surface area contributed by atoms with Gasteiger partial charge in [0.05, 0.1) is 20.0 Å². The molecule has 0 heterocycles. The van der Waals surface area contributed by atoms with Gasteiger partial charge in [0.2, 0.25) is 0 Å². The predicted molar refractivity (Wildman–Crippen MR) is 82.1 cm³/mol. The van der Waals surface area contributed by atoms with Gasteiger partial charge >= 0.3 is 11.9 Å². The van der Waals surface area contributed by atoms with Crippen molar-refractivity contribution in [3.05, 3.63) is 71.8 Å². The first kappa shape index (κ1) is 15.8. The fourth-order valence-electron chi connectivity index (χ4n) is 2.09. The fourth-order valence-corrected chi connectivity index (χ4v) is 2.09. The van der Waals surface area contributed by atoms with Crippen LogP contribution >= 0.6 is 0 Å². The van der Waals surface area contributed by atoms with Crippen LogP contribution in [-0.2, 0) is 25.5 Å². The lowest BCUT2D eigenvalue weighted by atomic mass is 10.1. The van der Waals surface area contributed by atoms with E-state index in [1.54, 1.807) is 0 Å². The number of methoxy groups -OCH3 is 1. The molecule has 0 aliphatic carbocycles. The summed E-state index contributed by atoms with van der Waals surface area (Å²) >= 11 is 0. The molecule has 0 aliphatic rings. The standard InChI is InChI=1S/C18H18O4/c1-21-17(19)13-16(15-10-6-3-7-11-15)22-18(20)12-14-8-4-2-5-9-14/h2-11,16H,12-13H2,1H3. The third kappa shape index (κ3) is 4.74. The molecule has 0 radical (unpaired) electrons. The second kappa shape index (κ2) is 7.98. The van der Waals surface area contributed by atoms with Crippen LogP contribution in [-0.4, -0.2) is 19.0 Å². The predicted octanol–water partition coefficient (Wildman–Crippen LogP) is 3.08. The van der Waals surface area contributed by atoms with Crippen molar-refractivity contribution in [3.8, 4) is 0 Å². The highest BCUT2D eigenvalue weighted by atomic mass is 16.6. The Hall–Kier alpha value is -2.62. The zero-order chi connectivity index (χ0) is 15.8. The minimum absolute atomic E-state index is 0.00103. The Bertz CT molecular complexity index is 607. The van der Waals surface area contributed by atoms with Gasteiger partial charge in [-0.2, -0.15) is 0 Å². The molecular formula is C18H18O4. The van der Waals surface area contributed by atoms with E-state index in [4.69, 9.17) is 4.74 Å². The van der Waals surface area contributed by atoms with Crippen LogP contribution in [0.25, 0.3) is 0 Å². The van der Waals surface area contributed by atoms with E-state index in [2.05, 4.69) is 4.74 Å². The van der Waals surface area contributed by atoms with Gasteiger partial charge in [-0.25, -0.2) is 0 Å². The third-order valence-electron chi connectivity index (χ3n) is 3.22. The van der Waals surface area contributed by atoms with E-state index in [9.17, 15) is 9.59 Å². The van der Waals surface area contributed by atoms with E-state index >= 15 is 0 Å². The first-order chi connectivity index (χ1) is 10.7. The molecule has 1 atom stereocenters. The molecule has 2 aromatic rings. The van der Waals surface area contributed by atoms with Crippen LogP contribution in [0.15, 0.2) is 60.7 Å². The summed E-state index contributed by atoms with van der Waals surface area (Å²) in [5.41, 5.74) is 1.65. The van der Waals surface area contributed by atoms with Crippen LogP contribution in [0.3, 0.4) is 0 Å². The van der Waals surface area contributed by atoms with Crippen LogP contribution in [0.2, 0.25) is 0 Å². The highest BCUT2D eigenvalue weighted by molar-refractivity contribution is 5.74. The van der Waals surface area contributed by atoms with E-state index in [-0.39, 0.29) is 18.8 Å². The maximum absolute atomic E-state index is 12.1. The average molecular weight is 298 g/mol. The van der Waals surface area contributed by atoms with Gasteiger partial charge in [0.25, 0.3) is 0 Å². The van der Waals surface area contributed by atoms with Crippen LogP contribution in [0.5, 0.6) is 0 Å². The summed E-state index contributed by atoms with van der Waals surface area (Å²) in [7, 11) is 1.32. The van der Waals surface area contributed by atoms with E-state index in [1.807, 2.05) is 60.7 Å². The number of ether oxygens (including phenoxy) is 2. The lowest BCUT2D eigenvalue weighted by Gasteiger charge is -2.17. The minimum atomic E-state index is -0.634. The van der Waals surface area contributed by atoms with Gasteiger partial charge in [-0.05, 0) is 11.1 Å². The third-order valence-corrected chi connectivity index (χ3v) is 3.22. The van der Waals surface area contributed by atoms with Gasteiger partial charge in [0.15, 0.2) is 0 Å². The highest BCUT2D eigenvalue weighted by Crippen LogP contribution is 2.22. The first-order valence-electron chi connectivity index (χ1n) is 7.04. The molecule has 2 rings (SSSR count). The molecule has 1 unspecified atom stereocenters. The number of benzene rings is 2. The Morgan fingerprint density at radius 2 is 1.50 bits per heavy atom. The van der Waals surface area contributed by atoms with Crippen molar-refractivity contribution in [1.29, 1.82) is 0 Å². The van der Waals surface area contributed by atoms with Crippen molar-refractivity contribution in [2.24, 2.45) is 0 Å². The highest BCUT2D eigenvalue weighted by Gasteiger charge is 2.20. The largest absolute Gasteiger partial charge is 0.469 e. The molecule has 0 spiro atoms. The average Bonchev–Trinajstić information content (AvgIpc) is 2.55. The van der Waals surface area contributed by atoms with Crippen LogP contribution < -0.4 is 0 Å². The monoisotopic (exact) mass is 298 g/mol. The fraction of sp³-hybridized carbons (Fsp3) is 0.222. The van der Waals surface area contributed by atoms with Crippen molar-refractivity contribution >= 4 is 11.9 Å². The van der Waals surface area contributed by atoms with Crippen molar-refractivity contribution in [1.82, 2.24) is 0 Å². The van der Waals surface area contributed by atoms with Gasteiger partial charge in [-0.3, -0.25) is 9.59 Å². The summed E-state index contributed by atoms with van der Waals surface area (Å²) in [6.45, 7) is 0. The molecule has 0 amide bonds. The molecule has 0 saturated carbocycles. The molecule has 4 nitrogen and oxygen atoms in total. The van der Waals surface area contributed by atoms with Crippen molar-refractivity contribution in [3.63, 3.8) is 0 Å². The molecule has 114 valence electrons. The van der Waals surface area contributed by atoms with Crippen molar-refractivity contribution in [2.75, 3.05) is 7.11 Å². The molecule has 0 N–H and O–H groups in total. The summed E-state index contributed by atoms with van der Waals surface area (Å²) in [6, 6.07) is 18.5. The second-order valence-electron chi connectivity index (χ2n) is 4.83. The number of esters is 2. The summed E-state index contributed by atoms with van der Waals surface area (Å²) in [5.74, 6) is -0.787. The smallest absolute Gasteiger partial charge is 0.310 e. The van der Waals surface area contributed by atoms with Gasteiger partial charge in [-0.15, -0.1) is 0 Å². The van der Waals surface area contributed by atoms with Gasteiger partial charge < -0.3 is 9.47 Å². The van der Waals surface area contributed by atoms with Crippen molar-refractivity contribution in [2.45, 2.75) is 18.9 Å². The number of carbonyl (C=O) groups is 2. The van der Waals surface area contributed by atoms with E-state index in [0.717, 1.165) is 11.1 Å². The number of hydrogen-bond donors (Lipinski definition) is 0. The normalized spacial score (nSPS) is 11.5. The summed E-state index contributed by atoms with van der Waals surface area (Å²) in [4.78, 5) is 23.6. The molecule has 22 heavy (non-hydrogen) atoms. The second-order valence-corrected chi connectivity index (χ2v) is 4.83. The first-order valence-corrected chi connectivity index (χ1v) is 7.04. The zero-order valence-corrected chi connectivity index (χ0v) is 12.4. The lowest BCUT2D eigenvalue weighted by molar-refractivity contribution is -0.153. The molecular weight excluding hydrogens is 280 g/mol. The Morgan fingerprint density at radius 1 is 0.909 bits per heavy atom. The van der Waals surface area contributed by atoms with E-state index in [0.29, 0.717) is 0 Å². The molecule has 0 saturated heterocycles. The molecule has 0 bridgehead atoms. The molecule has 0 fully saturated rings. The Morgan fingerprint density at radius 3 is 2.09 bits per heavy atom. The molecule has 0 aromatic heterocycles. The van der Waals surface area contributed by atoms with Crippen LogP contribution in [0, 0.1) is 0 Å². The summed E-state index contributed by atoms with van der Waals surface area (Å²) < 4.78 is 10.1. The maximum atomic E-state index is 12.1. The zero-order valence-electron chi connectivity index (χ0n) is 12.4. The minimum Gasteiger partial charge on any atom is -0.469 e. The Balaban J connectivity index is 2.05. The van der Waals surface area contributed by atoms with Crippen LogP contribution in [0.1, 0.15) is 23.7 Å². The summed E-state index contributed by atoms with van der Waals surface area (Å²) in [6.07, 6.45) is -0.461. The lowest BCUT2D eigenvalue weighted by Crippen LogP contribution is -2.17. The molecule has 0 aliphatic heterocycles. The topological polar surface area (TPSA) is 52.6 Å².